The zero-order valence-electron chi connectivity index (χ0n) is 11.9. The molecule has 1 aliphatic rings. The Morgan fingerprint density at radius 2 is 1.95 bits per heavy atom. The van der Waals surface area contributed by atoms with E-state index in [4.69, 9.17) is 11.6 Å². The van der Waals surface area contributed by atoms with Crippen molar-refractivity contribution in [1.82, 2.24) is 0 Å². The first-order valence-corrected chi connectivity index (χ1v) is 7.35. The van der Waals surface area contributed by atoms with Gasteiger partial charge in [-0.3, -0.25) is 9.59 Å². The average Bonchev–Trinajstić information content (AvgIpc) is 2.79. The highest BCUT2D eigenvalue weighted by atomic mass is 35.5. The van der Waals surface area contributed by atoms with Crippen LogP contribution < -0.4 is 10.6 Å². The summed E-state index contributed by atoms with van der Waals surface area (Å²) in [6.45, 7) is 1.41. The number of nitrogens with one attached hydrogen (secondary N) is 2. The molecule has 1 aliphatic carbocycles. The van der Waals surface area contributed by atoms with E-state index in [-0.39, 0.29) is 18.2 Å². The molecule has 2 rings (SSSR count). The highest BCUT2D eigenvalue weighted by Gasteiger charge is 2.33. The predicted molar refractivity (Wildman–Crippen MR) is 82.4 cm³/mol. The van der Waals surface area contributed by atoms with E-state index in [0.717, 1.165) is 12.8 Å². The molecular weight excluding hydrogens is 292 g/mol. The van der Waals surface area contributed by atoms with E-state index < -0.39 is 5.60 Å². The molecular formula is C15H19ClN2O3. The van der Waals surface area contributed by atoms with Crippen LogP contribution in [0.5, 0.6) is 0 Å². The maximum atomic E-state index is 12.0. The van der Waals surface area contributed by atoms with Crippen LogP contribution in [-0.2, 0) is 9.59 Å². The molecule has 1 saturated carbocycles. The first-order chi connectivity index (χ1) is 9.88. The summed E-state index contributed by atoms with van der Waals surface area (Å²) in [6.07, 6.45) is 3.26. The Morgan fingerprint density at radius 1 is 1.29 bits per heavy atom. The van der Waals surface area contributed by atoms with Gasteiger partial charge in [0.05, 0.1) is 22.7 Å². The standard InChI is InChI=1S/C15H19ClN2O3/c1-10(19)17-11-4-5-12(16)13(8-11)18-14(20)9-15(21)6-2-3-7-15/h4-5,8,21H,2-3,6-7,9H2,1H3,(H,17,19)(H,18,20). The summed E-state index contributed by atoms with van der Waals surface area (Å²) in [5.41, 5.74) is 0.0857. The summed E-state index contributed by atoms with van der Waals surface area (Å²) < 4.78 is 0. The third-order valence-electron chi connectivity index (χ3n) is 3.58. The van der Waals surface area contributed by atoms with Crippen LogP contribution in [0, 0.1) is 0 Å². The van der Waals surface area contributed by atoms with E-state index >= 15 is 0 Å². The minimum atomic E-state index is -0.897. The SMILES string of the molecule is CC(=O)Nc1ccc(Cl)c(NC(=O)CC2(O)CCCC2)c1. The topological polar surface area (TPSA) is 78.4 Å². The van der Waals surface area contributed by atoms with Crippen molar-refractivity contribution in [2.45, 2.75) is 44.6 Å². The maximum Gasteiger partial charge on any atom is 0.227 e. The van der Waals surface area contributed by atoms with Crippen molar-refractivity contribution < 1.29 is 14.7 Å². The lowest BCUT2D eigenvalue weighted by atomic mass is 9.97. The van der Waals surface area contributed by atoms with Crippen molar-refractivity contribution >= 4 is 34.8 Å². The number of benzene rings is 1. The third kappa shape index (κ3) is 4.44. The maximum absolute atomic E-state index is 12.0. The van der Waals surface area contributed by atoms with Crippen LogP contribution >= 0.6 is 11.6 Å². The number of halogens is 1. The van der Waals surface area contributed by atoms with Gasteiger partial charge in [0, 0.05) is 12.6 Å². The van der Waals surface area contributed by atoms with Crippen LogP contribution in [0.3, 0.4) is 0 Å². The zero-order chi connectivity index (χ0) is 15.5. The lowest BCUT2D eigenvalue weighted by molar-refractivity contribution is -0.120. The molecule has 0 radical (unpaired) electrons. The molecule has 3 N–H and O–H groups in total. The third-order valence-corrected chi connectivity index (χ3v) is 3.91. The first-order valence-electron chi connectivity index (χ1n) is 6.97. The number of carbonyl (C=O) groups excluding carboxylic acids is 2. The molecule has 6 heteroatoms. The minimum absolute atomic E-state index is 0.0632. The molecule has 2 amide bonds. The van der Waals surface area contributed by atoms with Gasteiger partial charge in [-0.15, -0.1) is 0 Å². The van der Waals surface area contributed by atoms with Crippen LogP contribution in [0.2, 0.25) is 5.02 Å². The molecule has 21 heavy (non-hydrogen) atoms. The summed E-state index contributed by atoms with van der Waals surface area (Å²) in [7, 11) is 0. The summed E-state index contributed by atoms with van der Waals surface area (Å²) in [5.74, 6) is -0.476. The monoisotopic (exact) mass is 310 g/mol. The minimum Gasteiger partial charge on any atom is -0.389 e. The van der Waals surface area contributed by atoms with E-state index in [2.05, 4.69) is 10.6 Å². The van der Waals surface area contributed by atoms with Crippen LogP contribution in [-0.4, -0.2) is 22.5 Å². The molecule has 0 bridgehead atoms. The molecule has 5 nitrogen and oxygen atoms in total. The van der Waals surface area contributed by atoms with Crippen molar-refractivity contribution in [2.24, 2.45) is 0 Å². The fourth-order valence-corrected chi connectivity index (χ4v) is 2.77. The van der Waals surface area contributed by atoms with Gasteiger partial charge in [-0.05, 0) is 31.0 Å². The van der Waals surface area contributed by atoms with Gasteiger partial charge < -0.3 is 15.7 Å². The Kier molecular flexibility index (Phi) is 4.85. The van der Waals surface area contributed by atoms with E-state index in [1.54, 1.807) is 18.2 Å². The summed E-state index contributed by atoms with van der Waals surface area (Å²) in [6, 6.07) is 4.86. The second kappa shape index (κ2) is 6.45. The lowest BCUT2D eigenvalue weighted by Crippen LogP contribution is -2.30. The molecule has 0 aromatic heterocycles. The Labute approximate surface area is 128 Å². The van der Waals surface area contributed by atoms with E-state index in [9.17, 15) is 14.7 Å². The molecule has 114 valence electrons. The van der Waals surface area contributed by atoms with Crippen molar-refractivity contribution in [3.8, 4) is 0 Å². The Balaban J connectivity index is 2.04. The van der Waals surface area contributed by atoms with Crippen LogP contribution in [0.4, 0.5) is 11.4 Å². The second-order valence-corrected chi connectivity index (χ2v) is 5.94. The molecule has 0 aliphatic heterocycles. The number of rotatable bonds is 4. The van der Waals surface area contributed by atoms with Crippen LogP contribution in [0.25, 0.3) is 0 Å². The molecule has 0 saturated heterocycles. The van der Waals surface area contributed by atoms with Gasteiger partial charge in [0.2, 0.25) is 11.8 Å². The van der Waals surface area contributed by atoms with Crippen molar-refractivity contribution in [2.75, 3.05) is 10.6 Å². The number of amides is 2. The largest absolute Gasteiger partial charge is 0.389 e. The second-order valence-electron chi connectivity index (χ2n) is 5.53. The summed E-state index contributed by atoms with van der Waals surface area (Å²) in [4.78, 5) is 23.1. The summed E-state index contributed by atoms with van der Waals surface area (Å²) in [5, 5.41) is 15.9. The predicted octanol–water partition coefficient (Wildman–Crippen LogP) is 2.93. The average molecular weight is 311 g/mol. The van der Waals surface area contributed by atoms with Crippen molar-refractivity contribution in [3.05, 3.63) is 23.2 Å². The number of anilines is 2. The number of aliphatic hydroxyl groups is 1. The molecule has 1 aromatic rings. The number of hydrogen-bond acceptors (Lipinski definition) is 3. The van der Waals surface area contributed by atoms with Crippen molar-refractivity contribution in [3.63, 3.8) is 0 Å². The summed E-state index contributed by atoms with van der Waals surface area (Å²) >= 11 is 6.04. The lowest BCUT2D eigenvalue weighted by Gasteiger charge is -2.21. The molecule has 1 fully saturated rings. The van der Waals surface area contributed by atoms with E-state index in [1.165, 1.54) is 6.92 Å². The first kappa shape index (κ1) is 15.8. The highest BCUT2D eigenvalue weighted by Crippen LogP contribution is 2.33. The van der Waals surface area contributed by atoms with Crippen LogP contribution in [0.1, 0.15) is 39.0 Å². The van der Waals surface area contributed by atoms with Gasteiger partial charge in [0.15, 0.2) is 0 Å². The van der Waals surface area contributed by atoms with Crippen LogP contribution in [0.15, 0.2) is 18.2 Å². The zero-order valence-corrected chi connectivity index (χ0v) is 12.7. The Hall–Kier alpha value is -1.59. The van der Waals surface area contributed by atoms with Gasteiger partial charge in [0.1, 0.15) is 0 Å². The fourth-order valence-electron chi connectivity index (χ4n) is 2.61. The van der Waals surface area contributed by atoms with Gasteiger partial charge >= 0.3 is 0 Å². The molecule has 0 unspecified atom stereocenters. The van der Waals surface area contributed by atoms with Gasteiger partial charge in [-0.1, -0.05) is 24.4 Å². The normalized spacial score (nSPS) is 16.5. The van der Waals surface area contributed by atoms with Crippen molar-refractivity contribution in [1.29, 1.82) is 0 Å². The Bertz CT molecular complexity index is 554. The van der Waals surface area contributed by atoms with Gasteiger partial charge in [-0.2, -0.15) is 0 Å². The fraction of sp³-hybridized carbons (Fsp3) is 0.467. The Morgan fingerprint density at radius 3 is 2.57 bits per heavy atom. The number of hydrogen-bond donors (Lipinski definition) is 3. The highest BCUT2D eigenvalue weighted by molar-refractivity contribution is 6.33. The van der Waals surface area contributed by atoms with E-state index in [0.29, 0.717) is 29.2 Å². The molecule has 1 aromatic carbocycles. The molecule has 0 heterocycles. The quantitative estimate of drug-likeness (QED) is 0.800. The smallest absolute Gasteiger partial charge is 0.227 e. The van der Waals surface area contributed by atoms with E-state index in [1.807, 2.05) is 0 Å². The van der Waals surface area contributed by atoms with Gasteiger partial charge in [-0.25, -0.2) is 0 Å². The molecule has 0 atom stereocenters. The molecule has 0 spiro atoms. The number of carbonyl (C=O) groups is 2. The van der Waals surface area contributed by atoms with Gasteiger partial charge in [0.25, 0.3) is 0 Å².